The van der Waals surface area contributed by atoms with Gasteiger partial charge in [0.2, 0.25) is 0 Å². The van der Waals surface area contributed by atoms with Gasteiger partial charge in [0.25, 0.3) is 0 Å². The topological polar surface area (TPSA) is 0 Å². The molecule has 0 heterocycles. The zero-order chi connectivity index (χ0) is 8.36. The SMILES string of the molecule is CC/C(=C(/C)Cl)[Se](C)(Cl)Cl. The Kier molecular flexibility index (Phi) is 4.71. The third-order valence-electron chi connectivity index (χ3n) is 1.14. The molecule has 0 saturated heterocycles. The van der Waals surface area contributed by atoms with Gasteiger partial charge in [-0.1, -0.05) is 0 Å². The van der Waals surface area contributed by atoms with Crippen molar-refractivity contribution in [2.24, 2.45) is 0 Å². The third-order valence-corrected chi connectivity index (χ3v) is 6.62. The van der Waals surface area contributed by atoms with E-state index in [9.17, 15) is 0 Å². The molecule has 62 valence electrons. The predicted molar refractivity (Wildman–Crippen MR) is 52.2 cm³/mol. The Morgan fingerprint density at radius 2 is 1.80 bits per heavy atom. The maximum absolute atomic E-state index is 5.97. The van der Waals surface area contributed by atoms with Crippen LogP contribution < -0.4 is 0 Å². The third kappa shape index (κ3) is 3.50. The Bertz CT molecular complexity index is 142. The van der Waals surface area contributed by atoms with Crippen molar-refractivity contribution in [2.75, 3.05) is 0 Å². The summed E-state index contributed by atoms with van der Waals surface area (Å²) in [5.41, 5.74) is 0. The van der Waals surface area contributed by atoms with Gasteiger partial charge in [-0.15, -0.1) is 0 Å². The first kappa shape index (κ1) is 11.1. The molecular formula is C6H11Cl3Se. The average molecular weight is 268 g/mol. The number of halogens is 3. The van der Waals surface area contributed by atoms with E-state index >= 15 is 0 Å². The molecule has 0 unspecified atom stereocenters. The van der Waals surface area contributed by atoms with E-state index in [0.29, 0.717) is 0 Å². The van der Waals surface area contributed by atoms with Crippen LogP contribution in [0.5, 0.6) is 0 Å². The van der Waals surface area contributed by atoms with Gasteiger partial charge in [-0.05, 0) is 0 Å². The van der Waals surface area contributed by atoms with Crippen molar-refractivity contribution in [3.8, 4) is 0 Å². The molecule has 0 amide bonds. The van der Waals surface area contributed by atoms with Crippen molar-refractivity contribution in [3.05, 3.63) is 9.50 Å². The molecule has 0 aromatic carbocycles. The predicted octanol–water partition coefficient (Wildman–Crippen LogP) is 4.00. The van der Waals surface area contributed by atoms with E-state index in [1.54, 1.807) is 0 Å². The quantitative estimate of drug-likeness (QED) is 0.664. The van der Waals surface area contributed by atoms with Crippen molar-refractivity contribution in [2.45, 2.75) is 26.1 Å². The summed E-state index contributed by atoms with van der Waals surface area (Å²) in [4.78, 5) is 0. The number of allylic oxidation sites excluding steroid dienone is 2. The standard InChI is InChI=1S/C6H11Cl3Se/c1-4-6(5(2)7)10(3,8)9/h4H2,1-3H3/b6-5+. The first-order chi connectivity index (χ1) is 4.39. The van der Waals surface area contributed by atoms with Crippen molar-refractivity contribution < 1.29 is 0 Å². The van der Waals surface area contributed by atoms with Crippen LogP contribution in [0.25, 0.3) is 0 Å². The molecule has 0 bridgehead atoms. The zero-order valence-electron chi connectivity index (χ0n) is 6.25. The van der Waals surface area contributed by atoms with Crippen LogP contribution in [-0.2, 0) is 0 Å². The fourth-order valence-corrected chi connectivity index (χ4v) is 6.53. The van der Waals surface area contributed by atoms with Crippen LogP contribution >= 0.6 is 31.8 Å². The van der Waals surface area contributed by atoms with Gasteiger partial charge in [0, 0.05) is 0 Å². The van der Waals surface area contributed by atoms with E-state index in [4.69, 9.17) is 31.8 Å². The second kappa shape index (κ2) is 4.23. The molecule has 0 aromatic rings. The first-order valence-electron chi connectivity index (χ1n) is 2.92. The van der Waals surface area contributed by atoms with Gasteiger partial charge in [-0.3, -0.25) is 0 Å². The number of hydrogen-bond acceptors (Lipinski definition) is 0. The molecule has 0 aliphatic carbocycles. The van der Waals surface area contributed by atoms with Gasteiger partial charge in [0.05, 0.1) is 0 Å². The molecule has 0 radical (unpaired) electrons. The maximum atomic E-state index is 5.97. The van der Waals surface area contributed by atoms with E-state index in [1.165, 1.54) is 0 Å². The van der Waals surface area contributed by atoms with Crippen LogP contribution in [0.3, 0.4) is 0 Å². The minimum atomic E-state index is -2.32. The van der Waals surface area contributed by atoms with E-state index in [2.05, 4.69) is 0 Å². The fourth-order valence-electron chi connectivity index (χ4n) is 0.744. The summed E-state index contributed by atoms with van der Waals surface area (Å²) in [5.74, 6) is 1.88. The molecule has 0 N–H and O–H groups in total. The average Bonchev–Trinajstić information content (AvgIpc) is 1.60. The van der Waals surface area contributed by atoms with Crippen LogP contribution in [0, 0.1) is 0 Å². The van der Waals surface area contributed by atoms with Gasteiger partial charge < -0.3 is 0 Å². The van der Waals surface area contributed by atoms with Gasteiger partial charge in [-0.25, -0.2) is 0 Å². The Balaban J connectivity index is 4.55. The molecule has 0 saturated carbocycles. The number of rotatable bonds is 2. The Morgan fingerprint density at radius 3 is 1.80 bits per heavy atom. The van der Waals surface area contributed by atoms with E-state index in [0.717, 1.165) is 15.9 Å². The molecule has 0 aliphatic rings. The van der Waals surface area contributed by atoms with E-state index < -0.39 is 11.0 Å². The molecule has 0 fully saturated rings. The van der Waals surface area contributed by atoms with Gasteiger partial charge in [0.1, 0.15) is 0 Å². The number of hydrogen-bond donors (Lipinski definition) is 0. The van der Waals surface area contributed by atoms with Crippen LogP contribution in [-0.4, -0.2) is 11.0 Å². The zero-order valence-corrected chi connectivity index (χ0v) is 10.2. The van der Waals surface area contributed by atoms with Crippen molar-refractivity contribution in [3.63, 3.8) is 0 Å². The molecule has 0 spiro atoms. The molecule has 0 aliphatic heterocycles. The second-order valence-electron chi connectivity index (χ2n) is 2.04. The van der Waals surface area contributed by atoms with Crippen LogP contribution in [0.1, 0.15) is 20.3 Å². The summed E-state index contributed by atoms with van der Waals surface area (Å²) in [7, 11) is 11.9. The normalized spacial score (nSPS) is 16.6. The summed E-state index contributed by atoms with van der Waals surface area (Å²) in [5, 5.41) is 0.759. The Morgan fingerprint density at radius 1 is 1.40 bits per heavy atom. The van der Waals surface area contributed by atoms with E-state index in [1.807, 2.05) is 19.7 Å². The summed E-state index contributed by atoms with van der Waals surface area (Å²) in [6.07, 6.45) is 0.860. The summed E-state index contributed by atoms with van der Waals surface area (Å²) in [6.45, 7) is 3.85. The monoisotopic (exact) mass is 268 g/mol. The summed E-state index contributed by atoms with van der Waals surface area (Å²) in [6, 6.07) is 0. The second-order valence-corrected chi connectivity index (χ2v) is 13.9. The molecule has 4 heteroatoms. The van der Waals surface area contributed by atoms with Crippen LogP contribution in [0.2, 0.25) is 5.82 Å². The Labute approximate surface area is 78.2 Å². The van der Waals surface area contributed by atoms with Gasteiger partial charge in [0.15, 0.2) is 0 Å². The minimum absolute atomic E-state index is 0.759. The summed E-state index contributed by atoms with van der Waals surface area (Å²) >= 11 is 3.45. The molecule has 0 nitrogen and oxygen atoms in total. The fraction of sp³-hybridized carbons (Fsp3) is 0.667. The van der Waals surface area contributed by atoms with Gasteiger partial charge >= 0.3 is 78.4 Å². The Hall–Kier alpha value is 1.13. The molecule has 0 aromatic heterocycles. The van der Waals surface area contributed by atoms with Gasteiger partial charge in [-0.2, -0.15) is 0 Å². The molecule has 0 rings (SSSR count). The summed E-state index contributed by atoms with van der Waals surface area (Å²) < 4.78 is 1.04. The molecular weight excluding hydrogens is 257 g/mol. The van der Waals surface area contributed by atoms with Crippen LogP contribution in [0.4, 0.5) is 0 Å². The van der Waals surface area contributed by atoms with Crippen molar-refractivity contribution >= 4 is 42.8 Å². The van der Waals surface area contributed by atoms with Crippen molar-refractivity contribution in [1.29, 1.82) is 0 Å². The first-order valence-corrected chi connectivity index (χ1v) is 10.4. The van der Waals surface area contributed by atoms with Crippen LogP contribution in [0.15, 0.2) is 9.50 Å². The van der Waals surface area contributed by atoms with E-state index in [-0.39, 0.29) is 0 Å². The van der Waals surface area contributed by atoms with Crippen molar-refractivity contribution in [1.82, 2.24) is 0 Å². The molecule has 0 atom stereocenters. The molecule has 10 heavy (non-hydrogen) atoms.